The summed E-state index contributed by atoms with van der Waals surface area (Å²) in [5.74, 6) is 0. The third-order valence-electron chi connectivity index (χ3n) is 7.43. The van der Waals surface area contributed by atoms with E-state index in [-0.39, 0.29) is 0 Å². The van der Waals surface area contributed by atoms with Gasteiger partial charge in [-0.25, -0.2) is 0 Å². The van der Waals surface area contributed by atoms with Gasteiger partial charge in [-0.2, -0.15) is 8.42 Å². The van der Waals surface area contributed by atoms with Gasteiger partial charge in [0.2, 0.25) is 0 Å². The highest BCUT2D eigenvalue weighted by Crippen LogP contribution is 2.20. The zero-order valence-electron chi connectivity index (χ0n) is 23.3. The molecule has 0 fully saturated rings. The Bertz CT molecular complexity index is 489. The Kier molecular flexibility index (Phi) is 25.9. The van der Waals surface area contributed by atoms with Crippen LogP contribution >= 0.6 is 0 Å². The van der Waals surface area contributed by atoms with Crippen molar-refractivity contribution < 1.29 is 13.0 Å². The first-order chi connectivity index (χ1) is 16.5. The molecule has 0 amide bonds. The van der Waals surface area contributed by atoms with Gasteiger partial charge in [0.1, 0.15) is 0 Å². The lowest BCUT2D eigenvalue weighted by Crippen LogP contribution is -2.20. The van der Waals surface area contributed by atoms with Gasteiger partial charge in [0.25, 0.3) is 10.1 Å². The van der Waals surface area contributed by atoms with E-state index in [9.17, 15) is 13.0 Å². The highest BCUT2D eigenvalue weighted by molar-refractivity contribution is 7.86. The van der Waals surface area contributed by atoms with Crippen LogP contribution in [-0.2, 0) is 10.1 Å². The van der Waals surface area contributed by atoms with Crippen molar-refractivity contribution in [3.05, 3.63) is 0 Å². The molecule has 3 nitrogen and oxygen atoms in total. The lowest BCUT2D eigenvalue weighted by molar-refractivity contribution is 0.442. The van der Waals surface area contributed by atoms with Gasteiger partial charge in [0.05, 0.1) is 5.25 Å². The van der Waals surface area contributed by atoms with E-state index < -0.39 is 15.4 Å². The summed E-state index contributed by atoms with van der Waals surface area (Å²) in [4.78, 5) is 0. The van der Waals surface area contributed by atoms with Gasteiger partial charge in [0, 0.05) is 0 Å². The number of unbranched alkanes of at least 4 members (excludes halogenated alkanes) is 23. The minimum absolute atomic E-state index is 0.538. The van der Waals surface area contributed by atoms with Crippen LogP contribution in [0, 0.1) is 0 Å². The Hall–Kier alpha value is -0.0900. The van der Waals surface area contributed by atoms with E-state index in [1.54, 1.807) is 0 Å². The summed E-state index contributed by atoms with van der Waals surface area (Å²) in [6.45, 7) is 4.50. The summed E-state index contributed by atoms with van der Waals surface area (Å²) in [5, 5.41) is -0.538. The SMILES string of the molecule is CCCCCCCCCCCCCCCCCCCCC(CCCCCCCCC)S(=O)(=O)O. The molecule has 206 valence electrons. The molecule has 4 heteroatoms. The number of rotatable bonds is 28. The van der Waals surface area contributed by atoms with Crippen molar-refractivity contribution in [1.29, 1.82) is 0 Å². The third kappa shape index (κ3) is 25.0. The Morgan fingerprint density at radius 3 is 0.824 bits per heavy atom. The first kappa shape index (κ1) is 33.9. The van der Waals surface area contributed by atoms with Crippen molar-refractivity contribution in [2.24, 2.45) is 0 Å². The van der Waals surface area contributed by atoms with Gasteiger partial charge in [-0.05, 0) is 12.8 Å². The van der Waals surface area contributed by atoms with Crippen molar-refractivity contribution in [1.82, 2.24) is 0 Å². The van der Waals surface area contributed by atoms with Crippen LogP contribution in [0.2, 0.25) is 0 Å². The second-order valence-electron chi connectivity index (χ2n) is 10.8. The summed E-state index contributed by atoms with van der Waals surface area (Å²) < 4.78 is 33.0. The Morgan fingerprint density at radius 2 is 0.618 bits per heavy atom. The molecule has 0 aromatic carbocycles. The van der Waals surface area contributed by atoms with E-state index in [1.165, 1.54) is 135 Å². The largest absolute Gasteiger partial charge is 0.285 e. The molecule has 0 aromatic heterocycles. The van der Waals surface area contributed by atoms with Crippen molar-refractivity contribution >= 4 is 10.1 Å². The lowest BCUT2D eigenvalue weighted by Gasteiger charge is -2.13. The van der Waals surface area contributed by atoms with Crippen LogP contribution < -0.4 is 0 Å². The summed E-state index contributed by atoms with van der Waals surface area (Å²) in [6.07, 6.45) is 33.7. The van der Waals surface area contributed by atoms with Gasteiger partial charge < -0.3 is 0 Å². The molecular formula is C30H62O3S. The van der Waals surface area contributed by atoms with Gasteiger partial charge >= 0.3 is 0 Å². The van der Waals surface area contributed by atoms with Gasteiger partial charge in [0.15, 0.2) is 0 Å². The summed E-state index contributed by atoms with van der Waals surface area (Å²) in [5.41, 5.74) is 0. The molecule has 0 bridgehead atoms. The zero-order valence-corrected chi connectivity index (χ0v) is 24.2. The molecule has 0 heterocycles. The Labute approximate surface area is 215 Å². The molecule has 0 saturated carbocycles. The summed E-state index contributed by atoms with van der Waals surface area (Å²) in [6, 6.07) is 0. The van der Waals surface area contributed by atoms with E-state index >= 15 is 0 Å². The Morgan fingerprint density at radius 1 is 0.412 bits per heavy atom. The first-order valence-corrected chi connectivity index (χ1v) is 17.0. The van der Waals surface area contributed by atoms with Crippen LogP contribution in [0.15, 0.2) is 0 Å². The average Bonchev–Trinajstić information content (AvgIpc) is 2.80. The minimum atomic E-state index is -3.89. The molecule has 1 unspecified atom stereocenters. The van der Waals surface area contributed by atoms with Crippen molar-refractivity contribution in [3.8, 4) is 0 Å². The minimum Gasteiger partial charge on any atom is -0.285 e. The standard InChI is InChI=1S/C30H62O3S/c1-3-5-7-9-11-12-13-14-15-16-17-18-19-20-21-23-25-27-29-30(34(31,32)33)28-26-24-22-10-8-6-4-2/h30H,3-29H2,1-2H3,(H,31,32,33). The molecule has 1 N–H and O–H groups in total. The smallest absolute Gasteiger partial charge is 0.267 e. The normalized spacial score (nSPS) is 12.9. The molecule has 0 aliphatic rings. The third-order valence-corrected chi connectivity index (χ3v) is 8.74. The summed E-state index contributed by atoms with van der Waals surface area (Å²) in [7, 11) is -3.89. The fourth-order valence-electron chi connectivity index (χ4n) is 5.04. The predicted octanol–water partition coefficient (Wildman–Crippen LogP) is 10.8. The molecule has 0 rings (SSSR count). The van der Waals surface area contributed by atoms with Crippen molar-refractivity contribution in [2.45, 2.75) is 192 Å². The Balaban J connectivity index is 3.46. The van der Waals surface area contributed by atoms with Crippen molar-refractivity contribution in [2.75, 3.05) is 0 Å². The fourth-order valence-corrected chi connectivity index (χ4v) is 5.97. The number of hydrogen-bond donors (Lipinski definition) is 1. The highest BCUT2D eigenvalue weighted by atomic mass is 32.2. The van der Waals surface area contributed by atoms with Crippen LogP contribution in [0.3, 0.4) is 0 Å². The van der Waals surface area contributed by atoms with Gasteiger partial charge in [-0.15, -0.1) is 0 Å². The first-order valence-electron chi connectivity index (χ1n) is 15.5. The molecule has 0 aliphatic heterocycles. The van der Waals surface area contributed by atoms with E-state index in [2.05, 4.69) is 13.8 Å². The quantitative estimate of drug-likeness (QED) is 0.0854. The molecule has 0 aromatic rings. The van der Waals surface area contributed by atoms with Gasteiger partial charge in [-0.3, -0.25) is 4.55 Å². The second-order valence-corrected chi connectivity index (χ2v) is 12.5. The number of hydrogen-bond acceptors (Lipinski definition) is 2. The predicted molar refractivity (Wildman–Crippen MR) is 151 cm³/mol. The highest BCUT2D eigenvalue weighted by Gasteiger charge is 2.21. The molecule has 0 spiro atoms. The molecule has 0 radical (unpaired) electrons. The van der Waals surface area contributed by atoms with E-state index in [1.807, 2.05) is 0 Å². The van der Waals surface area contributed by atoms with Crippen LogP contribution in [0.5, 0.6) is 0 Å². The zero-order chi connectivity index (χ0) is 25.2. The fraction of sp³-hybridized carbons (Fsp3) is 1.00. The topological polar surface area (TPSA) is 54.4 Å². The molecule has 1 atom stereocenters. The average molecular weight is 503 g/mol. The second kappa shape index (κ2) is 26.0. The van der Waals surface area contributed by atoms with E-state index in [4.69, 9.17) is 0 Å². The van der Waals surface area contributed by atoms with E-state index in [0.717, 1.165) is 25.7 Å². The maximum atomic E-state index is 11.7. The van der Waals surface area contributed by atoms with Crippen LogP contribution in [0.25, 0.3) is 0 Å². The lowest BCUT2D eigenvalue weighted by atomic mass is 10.0. The maximum absolute atomic E-state index is 11.7. The van der Waals surface area contributed by atoms with E-state index in [0.29, 0.717) is 12.8 Å². The maximum Gasteiger partial charge on any atom is 0.267 e. The molecule has 34 heavy (non-hydrogen) atoms. The van der Waals surface area contributed by atoms with Crippen LogP contribution in [0.1, 0.15) is 187 Å². The monoisotopic (exact) mass is 502 g/mol. The van der Waals surface area contributed by atoms with Gasteiger partial charge in [-0.1, -0.05) is 174 Å². The van der Waals surface area contributed by atoms with Crippen molar-refractivity contribution in [3.63, 3.8) is 0 Å². The summed E-state index contributed by atoms with van der Waals surface area (Å²) >= 11 is 0. The van der Waals surface area contributed by atoms with Crippen LogP contribution in [-0.4, -0.2) is 18.2 Å². The van der Waals surface area contributed by atoms with Crippen LogP contribution in [0.4, 0.5) is 0 Å². The molecule has 0 saturated heterocycles. The molecular weight excluding hydrogens is 440 g/mol. The molecule has 0 aliphatic carbocycles.